The highest BCUT2D eigenvalue weighted by atomic mass is 15.4. The van der Waals surface area contributed by atoms with Gasteiger partial charge in [0.05, 0.1) is 0 Å². The molecule has 1 aliphatic heterocycles. The Hall–Kier alpha value is -1.89. The highest BCUT2D eigenvalue weighted by Crippen LogP contribution is 2.32. The lowest BCUT2D eigenvalue weighted by Gasteiger charge is -2.34. The third kappa shape index (κ3) is 3.74. The minimum absolute atomic E-state index is 0.472. The third-order valence-corrected chi connectivity index (χ3v) is 6.05. The monoisotopic (exact) mass is 371 g/mol. The van der Waals surface area contributed by atoms with E-state index in [0.29, 0.717) is 12.0 Å². The minimum Gasteiger partial charge on any atom is -0.357 e. The number of nitrogens with zero attached hydrogens (tertiary/aromatic N) is 6. The molecule has 7 heteroatoms. The predicted molar refractivity (Wildman–Crippen MR) is 110 cm³/mol. The molecule has 3 heterocycles. The summed E-state index contributed by atoms with van der Waals surface area (Å²) in [7, 11) is 0. The lowest BCUT2D eigenvalue weighted by molar-refractivity contribution is 0.428. The van der Waals surface area contributed by atoms with E-state index in [1.807, 2.05) is 4.52 Å². The molecule has 1 N–H and O–H groups in total. The molecule has 2 aromatic heterocycles. The van der Waals surface area contributed by atoms with Crippen LogP contribution >= 0.6 is 0 Å². The van der Waals surface area contributed by atoms with E-state index < -0.39 is 0 Å². The summed E-state index contributed by atoms with van der Waals surface area (Å²) in [6.07, 6.45) is 6.35. The molecule has 0 radical (unpaired) electrons. The topological polar surface area (TPSA) is 61.6 Å². The van der Waals surface area contributed by atoms with Gasteiger partial charge >= 0.3 is 0 Å². The summed E-state index contributed by atoms with van der Waals surface area (Å²) in [6, 6.07) is 2.68. The van der Waals surface area contributed by atoms with Crippen LogP contribution in [0.5, 0.6) is 0 Å². The quantitative estimate of drug-likeness (QED) is 0.872. The molecule has 2 fully saturated rings. The van der Waals surface area contributed by atoms with Gasteiger partial charge in [-0.25, -0.2) is 0 Å². The number of piperazine rings is 1. The second kappa shape index (κ2) is 8.00. The molecule has 148 valence electrons. The van der Waals surface area contributed by atoms with Gasteiger partial charge in [0.1, 0.15) is 11.6 Å². The summed E-state index contributed by atoms with van der Waals surface area (Å²) in [5.74, 6) is 4.37. The molecule has 1 atom stereocenters. The normalized spacial score (nSPS) is 21.7. The number of rotatable bonds is 5. The molecule has 4 rings (SSSR count). The van der Waals surface area contributed by atoms with E-state index in [0.717, 1.165) is 56.0 Å². The van der Waals surface area contributed by atoms with Crippen molar-refractivity contribution in [2.24, 2.45) is 0 Å². The number of nitrogens with one attached hydrogen (secondary N) is 1. The first kappa shape index (κ1) is 18.5. The Balaban J connectivity index is 1.77. The summed E-state index contributed by atoms with van der Waals surface area (Å²) in [4.78, 5) is 14.5. The Morgan fingerprint density at radius 2 is 1.93 bits per heavy atom. The first-order chi connectivity index (χ1) is 13.2. The zero-order chi connectivity index (χ0) is 18.8. The molecule has 0 bridgehead atoms. The van der Waals surface area contributed by atoms with Gasteiger partial charge < -0.3 is 15.1 Å². The molecule has 1 saturated carbocycles. The van der Waals surface area contributed by atoms with Crippen LogP contribution in [0.1, 0.15) is 64.6 Å². The van der Waals surface area contributed by atoms with Crippen LogP contribution in [0.3, 0.4) is 0 Å². The van der Waals surface area contributed by atoms with Crippen molar-refractivity contribution in [3.8, 4) is 0 Å². The van der Waals surface area contributed by atoms with Gasteiger partial charge in [-0.05, 0) is 33.6 Å². The van der Waals surface area contributed by atoms with Crippen LogP contribution in [-0.2, 0) is 0 Å². The van der Waals surface area contributed by atoms with Gasteiger partial charge in [0.25, 0.3) is 5.78 Å². The van der Waals surface area contributed by atoms with Gasteiger partial charge in [0.15, 0.2) is 5.82 Å². The van der Waals surface area contributed by atoms with Gasteiger partial charge in [0, 0.05) is 50.7 Å². The average molecular weight is 372 g/mol. The number of hydrogen-bond acceptors (Lipinski definition) is 6. The van der Waals surface area contributed by atoms with Crippen LogP contribution < -0.4 is 15.1 Å². The lowest BCUT2D eigenvalue weighted by Crippen LogP contribution is -2.50. The molecular weight excluding hydrogens is 338 g/mol. The molecule has 1 aliphatic carbocycles. The van der Waals surface area contributed by atoms with Gasteiger partial charge in [-0.15, -0.1) is 5.10 Å². The lowest BCUT2D eigenvalue weighted by atomic mass is 9.89. The maximum Gasteiger partial charge on any atom is 0.256 e. The Morgan fingerprint density at radius 3 is 2.63 bits per heavy atom. The van der Waals surface area contributed by atoms with Crippen LogP contribution in [0, 0.1) is 0 Å². The average Bonchev–Trinajstić information content (AvgIpc) is 3.13. The van der Waals surface area contributed by atoms with Crippen molar-refractivity contribution in [1.29, 1.82) is 0 Å². The highest BCUT2D eigenvalue weighted by Gasteiger charge is 2.25. The maximum atomic E-state index is 4.95. The second-order valence-corrected chi connectivity index (χ2v) is 7.96. The first-order valence-corrected chi connectivity index (χ1v) is 10.7. The Labute approximate surface area is 162 Å². The maximum absolute atomic E-state index is 4.95. The van der Waals surface area contributed by atoms with Crippen LogP contribution in [0.2, 0.25) is 0 Å². The molecule has 0 amide bonds. The largest absolute Gasteiger partial charge is 0.357 e. The smallest absolute Gasteiger partial charge is 0.256 e. The van der Waals surface area contributed by atoms with Gasteiger partial charge in [0.2, 0.25) is 0 Å². The Bertz CT molecular complexity index is 761. The van der Waals surface area contributed by atoms with E-state index in [1.165, 1.54) is 32.1 Å². The van der Waals surface area contributed by atoms with Crippen molar-refractivity contribution in [3.05, 3.63) is 11.9 Å². The molecule has 7 nitrogen and oxygen atoms in total. The van der Waals surface area contributed by atoms with E-state index >= 15 is 0 Å². The zero-order valence-electron chi connectivity index (χ0n) is 17.0. The van der Waals surface area contributed by atoms with E-state index in [4.69, 9.17) is 15.1 Å². The van der Waals surface area contributed by atoms with E-state index in [9.17, 15) is 0 Å². The standard InChI is InChI=1S/C20H33N7/c1-4-25(5-2)17-13-18(26-12-11-21-15(3)14-26)27-20(22-17)23-19(24-27)16-9-7-6-8-10-16/h13,15-16,21H,4-12,14H2,1-3H3. The summed E-state index contributed by atoms with van der Waals surface area (Å²) < 4.78 is 2.00. The molecule has 2 aromatic rings. The number of aromatic nitrogens is 4. The fourth-order valence-electron chi connectivity index (χ4n) is 4.47. The molecule has 0 aromatic carbocycles. The van der Waals surface area contributed by atoms with Gasteiger partial charge in [-0.2, -0.15) is 14.5 Å². The van der Waals surface area contributed by atoms with Crippen molar-refractivity contribution in [2.75, 3.05) is 42.5 Å². The van der Waals surface area contributed by atoms with Crippen molar-refractivity contribution in [1.82, 2.24) is 24.9 Å². The summed E-state index contributed by atoms with van der Waals surface area (Å²) >= 11 is 0. The number of hydrogen-bond donors (Lipinski definition) is 1. The summed E-state index contributed by atoms with van der Waals surface area (Å²) in [6.45, 7) is 11.5. The first-order valence-electron chi connectivity index (χ1n) is 10.7. The van der Waals surface area contributed by atoms with Gasteiger partial charge in [-0.3, -0.25) is 0 Å². The van der Waals surface area contributed by atoms with Gasteiger partial charge in [-0.1, -0.05) is 19.3 Å². The highest BCUT2D eigenvalue weighted by molar-refractivity contribution is 5.57. The molecule has 27 heavy (non-hydrogen) atoms. The number of fused-ring (bicyclic) bond motifs is 1. The fraction of sp³-hybridized carbons (Fsp3) is 0.750. The van der Waals surface area contributed by atoms with Crippen LogP contribution in [0.4, 0.5) is 11.6 Å². The minimum atomic E-state index is 0.472. The molecule has 0 spiro atoms. The Morgan fingerprint density at radius 1 is 1.15 bits per heavy atom. The van der Waals surface area contributed by atoms with E-state index in [-0.39, 0.29) is 0 Å². The van der Waals surface area contributed by atoms with Crippen LogP contribution in [-0.4, -0.2) is 58.3 Å². The second-order valence-electron chi connectivity index (χ2n) is 7.96. The summed E-state index contributed by atoms with van der Waals surface area (Å²) in [5.41, 5.74) is 0. The van der Waals surface area contributed by atoms with E-state index in [2.05, 4.69) is 42.0 Å². The van der Waals surface area contributed by atoms with Crippen LogP contribution in [0.25, 0.3) is 5.78 Å². The van der Waals surface area contributed by atoms with Crippen molar-refractivity contribution >= 4 is 17.4 Å². The number of anilines is 2. The van der Waals surface area contributed by atoms with Crippen molar-refractivity contribution < 1.29 is 0 Å². The van der Waals surface area contributed by atoms with E-state index in [1.54, 1.807) is 0 Å². The molecular formula is C20H33N7. The fourth-order valence-corrected chi connectivity index (χ4v) is 4.47. The third-order valence-electron chi connectivity index (χ3n) is 6.05. The zero-order valence-corrected chi connectivity index (χ0v) is 17.0. The Kier molecular flexibility index (Phi) is 5.48. The molecule has 1 saturated heterocycles. The molecule has 2 aliphatic rings. The molecule has 1 unspecified atom stereocenters. The van der Waals surface area contributed by atoms with Crippen molar-refractivity contribution in [2.45, 2.75) is 64.8 Å². The summed E-state index contributed by atoms with van der Waals surface area (Å²) in [5, 5.41) is 8.48. The van der Waals surface area contributed by atoms with Crippen molar-refractivity contribution in [3.63, 3.8) is 0 Å². The van der Waals surface area contributed by atoms with Crippen LogP contribution in [0.15, 0.2) is 6.07 Å². The SMILES string of the molecule is CCN(CC)c1cc(N2CCNC(C)C2)n2nc(C3CCCCC3)nc2n1. The predicted octanol–water partition coefficient (Wildman–Crippen LogP) is 2.82.